The molecule has 0 aliphatic carbocycles. The van der Waals surface area contributed by atoms with Gasteiger partial charge in [0.2, 0.25) is 5.01 Å². The predicted molar refractivity (Wildman–Crippen MR) is 74.0 cm³/mol. The maximum absolute atomic E-state index is 12.2. The minimum atomic E-state index is -0.492. The summed E-state index contributed by atoms with van der Waals surface area (Å²) in [5.74, 6) is -0.755. The van der Waals surface area contributed by atoms with Gasteiger partial charge in [-0.3, -0.25) is 4.79 Å². The molecule has 0 spiro atoms. The van der Waals surface area contributed by atoms with E-state index in [0.717, 1.165) is 24.2 Å². The highest BCUT2D eigenvalue weighted by Crippen LogP contribution is 2.21. The molecule has 1 aliphatic heterocycles. The molecule has 6 nitrogen and oxygen atoms in total. The van der Waals surface area contributed by atoms with Crippen LogP contribution in [-0.4, -0.2) is 42.2 Å². The van der Waals surface area contributed by atoms with Crippen molar-refractivity contribution in [3.05, 3.63) is 16.1 Å². The van der Waals surface area contributed by atoms with Gasteiger partial charge in [0.15, 0.2) is 0 Å². The SMILES string of the molecule is CCOC(=O)c1nc(C(=O)NC2(C)CCOCC2)cs1. The second kappa shape index (κ2) is 6.32. The molecule has 1 aromatic rings. The second-order valence-corrected chi connectivity index (χ2v) is 5.74. The van der Waals surface area contributed by atoms with E-state index in [-0.39, 0.29) is 28.8 Å². The normalized spacial score (nSPS) is 17.5. The average Bonchev–Trinajstić information content (AvgIpc) is 2.89. The van der Waals surface area contributed by atoms with E-state index in [2.05, 4.69) is 10.3 Å². The summed E-state index contributed by atoms with van der Waals surface area (Å²) in [6.07, 6.45) is 1.54. The van der Waals surface area contributed by atoms with E-state index in [1.54, 1.807) is 12.3 Å². The molecule has 0 saturated carbocycles. The van der Waals surface area contributed by atoms with Crippen LogP contribution in [0.1, 0.15) is 47.0 Å². The lowest BCUT2D eigenvalue weighted by Gasteiger charge is -2.34. The first-order valence-corrected chi connectivity index (χ1v) is 7.45. The van der Waals surface area contributed by atoms with Gasteiger partial charge in [0, 0.05) is 24.1 Å². The molecule has 1 aromatic heterocycles. The average molecular weight is 298 g/mol. The van der Waals surface area contributed by atoms with Crippen molar-refractivity contribution in [2.24, 2.45) is 0 Å². The van der Waals surface area contributed by atoms with E-state index in [4.69, 9.17) is 9.47 Å². The Hall–Kier alpha value is -1.47. The number of hydrogen-bond acceptors (Lipinski definition) is 6. The van der Waals surface area contributed by atoms with Crippen LogP contribution in [0.4, 0.5) is 0 Å². The summed E-state index contributed by atoms with van der Waals surface area (Å²) in [5.41, 5.74) is -0.0194. The van der Waals surface area contributed by atoms with Crippen molar-refractivity contribution in [2.45, 2.75) is 32.2 Å². The standard InChI is InChI=1S/C13H18N2O4S/c1-3-19-12(17)11-14-9(8-20-11)10(16)15-13(2)4-6-18-7-5-13/h8H,3-7H2,1-2H3,(H,15,16). The van der Waals surface area contributed by atoms with Crippen molar-refractivity contribution >= 4 is 23.2 Å². The Morgan fingerprint density at radius 2 is 2.20 bits per heavy atom. The van der Waals surface area contributed by atoms with Crippen LogP contribution in [0, 0.1) is 0 Å². The van der Waals surface area contributed by atoms with Crippen LogP contribution in [0.2, 0.25) is 0 Å². The summed E-state index contributed by atoms with van der Waals surface area (Å²) in [4.78, 5) is 27.7. The molecule has 2 rings (SSSR count). The number of amides is 1. The Morgan fingerprint density at radius 3 is 2.85 bits per heavy atom. The van der Waals surface area contributed by atoms with E-state index in [9.17, 15) is 9.59 Å². The van der Waals surface area contributed by atoms with Crippen molar-refractivity contribution in [3.63, 3.8) is 0 Å². The maximum atomic E-state index is 12.2. The fraction of sp³-hybridized carbons (Fsp3) is 0.615. The van der Waals surface area contributed by atoms with Gasteiger partial charge >= 0.3 is 5.97 Å². The third-order valence-corrected chi connectivity index (χ3v) is 4.02. The molecule has 7 heteroatoms. The minimum Gasteiger partial charge on any atom is -0.461 e. The molecular formula is C13H18N2O4S. The van der Waals surface area contributed by atoms with Crippen molar-refractivity contribution in [3.8, 4) is 0 Å². The largest absolute Gasteiger partial charge is 0.461 e. The lowest BCUT2D eigenvalue weighted by Crippen LogP contribution is -2.49. The number of esters is 1. The van der Waals surface area contributed by atoms with Crippen molar-refractivity contribution < 1.29 is 19.1 Å². The summed E-state index contributed by atoms with van der Waals surface area (Å²) < 4.78 is 10.1. The number of aromatic nitrogens is 1. The zero-order chi connectivity index (χ0) is 14.6. The maximum Gasteiger partial charge on any atom is 0.367 e. The fourth-order valence-electron chi connectivity index (χ4n) is 1.95. The molecule has 20 heavy (non-hydrogen) atoms. The number of hydrogen-bond donors (Lipinski definition) is 1. The second-order valence-electron chi connectivity index (χ2n) is 4.89. The molecule has 0 atom stereocenters. The van der Waals surface area contributed by atoms with Gasteiger partial charge in [0.05, 0.1) is 6.61 Å². The monoisotopic (exact) mass is 298 g/mol. The molecule has 0 aromatic carbocycles. The van der Waals surface area contributed by atoms with Crippen LogP contribution in [0.15, 0.2) is 5.38 Å². The van der Waals surface area contributed by atoms with Gasteiger partial charge < -0.3 is 14.8 Å². The number of rotatable bonds is 4. The molecule has 0 unspecified atom stereocenters. The Balaban J connectivity index is 2.00. The molecular weight excluding hydrogens is 280 g/mol. The molecule has 110 valence electrons. The smallest absolute Gasteiger partial charge is 0.367 e. The number of carbonyl (C=O) groups is 2. The summed E-state index contributed by atoms with van der Waals surface area (Å²) in [5, 5.41) is 4.75. The number of nitrogens with one attached hydrogen (secondary N) is 1. The zero-order valence-corrected chi connectivity index (χ0v) is 12.4. The molecule has 2 heterocycles. The number of nitrogens with zero attached hydrogens (tertiary/aromatic N) is 1. The van der Waals surface area contributed by atoms with Crippen LogP contribution in [0.25, 0.3) is 0 Å². The topological polar surface area (TPSA) is 77.5 Å². The quantitative estimate of drug-likeness (QED) is 0.855. The van der Waals surface area contributed by atoms with Crippen LogP contribution < -0.4 is 5.32 Å². The van der Waals surface area contributed by atoms with Gasteiger partial charge in [0.1, 0.15) is 5.69 Å². The summed E-state index contributed by atoms with van der Waals surface area (Å²) in [7, 11) is 0. The molecule has 1 aliphatic rings. The van der Waals surface area contributed by atoms with Crippen molar-refractivity contribution in [1.82, 2.24) is 10.3 Å². The molecule has 0 bridgehead atoms. The van der Waals surface area contributed by atoms with E-state index in [1.807, 2.05) is 6.92 Å². The predicted octanol–water partition coefficient (Wildman–Crippen LogP) is 1.62. The van der Waals surface area contributed by atoms with Crippen molar-refractivity contribution in [2.75, 3.05) is 19.8 Å². The highest BCUT2D eigenvalue weighted by Gasteiger charge is 2.30. The Labute approximate surface area is 121 Å². The first kappa shape index (κ1) is 14.9. The minimum absolute atomic E-state index is 0.203. The molecule has 1 N–H and O–H groups in total. The highest BCUT2D eigenvalue weighted by atomic mass is 32.1. The number of thiazole rings is 1. The third-order valence-electron chi connectivity index (χ3n) is 3.20. The Bertz CT molecular complexity index is 494. The summed E-state index contributed by atoms with van der Waals surface area (Å²) >= 11 is 1.12. The van der Waals surface area contributed by atoms with Crippen molar-refractivity contribution in [1.29, 1.82) is 0 Å². The fourth-order valence-corrected chi connectivity index (χ4v) is 2.64. The first-order valence-electron chi connectivity index (χ1n) is 6.57. The van der Waals surface area contributed by atoms with E-state index in [1.165, 1.54) is 0 Å². The summed E-state index contributed by atoms with van der Waals surface area (Å²) in [6, 6.07) is 0. The molecule has 1 fully saturated rings. The van der Waals surface area contributed by atoms with Crippen LogP contribution in [0.3, 0.4) is 0 Å². The van der Waals surface area contributed by atoms with Gasteiger partial charge in [-0.05, 0) is 26.7 Å². The van der Waals surface area contributed by atoms with Crippen LogP contribution in [-0.2, 0) is 9.47 Å². The van der Waals surface area contributed by atoms with Gasteiger partial charge in [-0.15, -0.1) is 11.3 Å². The van der Waals surface area contributed by atoms with E-state index in [0.29, 0.717) is 13.2 Å². The lowest BCUT2D eigenvalue weighted by atomic mass is 9.92. The zero-order valence-electron chi connectivity index (χ0n) is 11.6. The molecule has 1 saturated heterocycles. The van der Waals surface area contributed by atoms with Crippen LogP contribution in [0.5, 0.6) is 0 Å². The Morgan fingerprint density at radius 1 is 1.50 bits per heavy atom. The highest BCUT2D eigenvalue weighted by molar-refractivity contribution is 7.11. The Kier molecular flexibility index (Phi) is 4.72. The molecule has 0 radical (unpaired) electrons. The summed E-state index contributed by atoms with van der Waals surface area (Å²) in [6.45, 7) is 5.29. The molecule has 1 amide bonds. The lowest BCUT2D eigenvalue weighted by molar-refractivity contribution is 0.0421. The van der Waals surface area contributed by atoms with E-state index >= 15 is 0 Å². The van der Waals surface area contributed by atoms with Gasteiger partial charge in [-0.1, -0.05) is 0 Å². The number of carbonyl (C=O) groups excluding carboxylic acids is 2. The first-order chi connectivity index (χ1) is 9.54. The number of ether oxygens (including phenoxy) is 2. The van der Waals surface area contributed by atoms with Gasteiger partial charge in [-0.25, -0.2) is 9.78 Å². The van der Waals surface area contributed by atoms with Gasteiger partial charge in [0.25, 0.3) is 5.91 Å². The van der Waals surface area contributed by atoms with Crippen LogP contribution >= 0.6 is 11.3 Å². The van der Waals surface area contributed by atoms with Gasteiger partial charge in [-0.2, -0.15) is 0 Å². The van der Waals surface area contributed by atoms with E-state index < -0.39 is 5.97 Å². The third kappa shape index (κ3) is 3.55.